The molecule has 172 valence electrons. The number of piperidine rings is 1. The van der Waals surface area contributed by atoms with E-state index in [1.54, 1.807) is 19.2 Å². The molecule has 0 saturated carbocycles. The molecule has 2 fully saturated rings. The third-order valence-electron chi connectivity index (χ3n) is 6.12. The summed E-state index contributed by atoms with van der Waals surface area (Å²) in [5.74, 6) is 1.44. The molecular weight excluding hydrogens is 396 g/mol. The predicted molar refractivity (Wildman–Crippen MR) is 119 cm³/mol. The van der Waals surface area contributed by atoms with Crippen LogP contribution >= 0.6 is 0 Å². The maximum absolute atomic E-state index is 13.0. The zero-order valence-electron chi connectivity index (χ0n) is 18.9. The van der Waals surface area contributed by atoms with Gasteiger partial charge in [-0.15, -0.1) is 0 Å². The minimum absolute atomic E-state index is 0.000158. The molecule has 0 aromatic heterocycles. The molecule has 2 amide bonds. The van der Waals surface area contributed by atoms with Crippen molar-refractivity contribution >= 4 is 11.8 Å². The van der Waals surface area contributed by atoms with E-state index in [1.807, 2.05) is 15.9 Å². The van der Waals surface area contributed by atoms with Crippen molar-refractivity contribution in [3.63, 3.8) is 0 Å². The Bertz CT molecular complexity index is 725. The summed E-state index contributed by atoms with van der Waals surface area (Å²) < 4.78 is 16.6. The number of benzene rings is 1. The summed E-state index contributed by atoms with van der Waals surface area (Å²) >= 11 is 0. The van der Waals surface area contributed by atoms with Gasteiger partial charge in [0.1, 0.15) is 0 Å². The van der Waals surface area contributed by atoms with Crippen LogP contribution in [0.1, 0.15) is 55.8 Å². The van der Waals surface area contributed by atoms with Gasteiger partial charge in [-0.25, -0.2) is 0 Å². The zero-order valence-corrected chi connectivity index (χ0v) is 18.9. The summed E-state index contributed by atoms with van der Waals surface area (Å²) in [5.41, 5.74) is 0.591. The van der Waals surface area contributed by atoms with E-state index in [4.69, 9.17) is 14.2 Å². The lowest BCUT2D eigenvalue weighted by atomic mass is 9.94. The largest absolute Gasteiger partial charge is 0.493 e. The molecule has 2 aliphatic rings. The number of likely N-dealkylation sites (tertiary alicyclic amines) is 1. The van der Waals surface area contributed by atoms with Crippen molar-refractivity contribution in [2.24, 2.45) is 5.92 Å². The smallest absolute Gasteiger partial charge is 0.253 e. The number of morpholine rings is 1. The van der Waals surface area contributed by atoms with Crippen molar-refractivity contribution in [3.05, 3.63) is 23.8 Å². The third-order valence-corrected chi connectivity index (χ3v) is 6.12. The molecular formula is C24H36N2O5. The standard InChI is InChI=1S/C24H36N2O5/c1-3-4-5-6-15-31-21-8-7-20(18-22(21)29-2)24(28)25-11-9-19(10-12-25)23(27)26-13-16-30-17-14-26/h7-8,18-19H,3-6,9-17H2,1-2H3. The number of carbonyl (C=O) groups excluding carboxylic acids is 2. The van der Waals surface area contributed by atoms with Crippen LogP contribution in [0.4, 0.5) is 0 Å². The molecule has 0 unspecified atom stereocenters. The summed E-state index contributed by atoms with van der Waals surface area (Å²) in [6.45, 7) is 6.59. The number of hydrogen-bond acceptors (Lipinski definition) is 5. The van der Waals surface area contributed by atoms with E-state index in [0.29, 0.717) is 75.9 Å². The van der Waals surface area contributed by atoms with E-state index in [1.165, 1.54) is 12.8 Å². The van der Waals surface area contributed by atoms with Crippen molar-refractivity contribution in [2.45, 2.75) is 45.4 Å². The highest BCUT2D eigenvalue weighted by Crippen LogP contribution is 2.30. The predicted octanol–water partition coefficient (Wildman–Crippen LogP) is 3.37. The van der Waals surface area contributed by atoms with Crippen molar-refractivity contribution < 1.29 is 23.8 Å². The first-order chi connectivity index (χ1) is 15.1. The van der Waals surface area contributed by atoms with Crippen molar-refractivity contribution in [2.75, 3.05) is 53.1 Å². The van der Waals surface area contributed by atoms with Gasteiger partial charge in [-0.2, -0.15) is 0 Å². The molecule has 0 bridgehead atoms. The fourth-order valence-electron chi connectivity index (χ4n) is 4.18. The fourth-order valence-corrected chi connectivity index (χ4v) is 4.18. The van der Waals surface area contributed by atoms with Crippen molar-refractivity contribution in [1.29, 1.82) is 0 Å². The molecule has 1 aromatic carbocycles. The Kier molecular flexibility index (Phi) is 9.00. The minimum atomic E-state index is -0.0231. The van der Waals surface area contributed by atoms with Gasteiger partial charge in [-0.1, -0.05) is 26.2 Å². The van der Waals surface area contributed by atoms with Gasteiger partial charge in [-0.3, -0.25) is 9.59 Å². The number of unbranched alkanes of at least 4 members (excludes halogenated alkanes) is 3. The Balaban J connectivity index is 1.52. The number of carbonyl (C=O) groups is 2. The fraction of sp³-hybridized carbons (Fsp3) is 0.667. The first-order valence-corrected chi connectivity index (χ1v) is 11.6. The molecule has 3 rings (SSSR count). The average molecular weight is 433 g/mol. The van der Waals surface area contributed by atoms with Crippen molar-refractivity contribution in [1.82, 2.24) is 9.80 Å². The van der Waals surface area contributed by atoms with Gasteiger partial charge in [0.05, 0.1) is 26.9 Å². The van der Waals surface area contributed by atoms with Gasteiger partial charge in [0.15, 0.2) is 11.5 Å². The molecule has 0 aliphatic carbocycles. The van der Waals surface area contributed by atoms with Crippen LogP contribution in [0.5, 0.6) is 11.5 Å². The Morgan fingerprint density at radius 2 is 1.74 bits per heavy atom. The van der Waals surface area contributed by atoms with Crippen LogP contribution in [0.2, 0.25) is 0 Å². The topological polar surface area (TPSA) is 68.3 Å². The van der Waals surface area contributed by atoms with Gasteiger partial charge >= 0.3 is 0 Å². The number of methoxy groups -OCH3 is 1. The monoisotopic (exact) mass is 432 g/mol. The first-order valence-electron chi connectivity index (χ1n) is 11.6. The van der Waals surface area contributed by atoms with Crippen LogP contribution in [-0.4, -0.2) is 74.7 Å². The summed E-state index contributed by atoms with van der Waals surface area (Å²) in [4.78, 5) is 29.4. The highest BCUT2D eigenvalue weighted by molar-refractivity contribution is 5.95. The molecule has 0 radical (unpaired) electrons. The quantitative estimate of drug-likeness (QED) is 0.560. The molecule has 7 heteroatoms. The van der Waals surface area contributed by atoms with Crippen LogP contribution in [0.3, 0.4) is 0 Å². The number of nitrogens with zero attached hydrogens (tertiary/aromatic N) is 2. The summed E-state index contributed by atoms with van der Waals surface area (Å²) in [5, 5.41) is 0. The Hall–Kier alpha value is -2.28. The number of ether oxygens (including phenoxy) is 3. The average Bonchev–Trinajstić information content (AvgIpc) is 2.83. The molecule has 2 saturated heterocycles. The van der Waals surface area contributed by atoms with E-state index in [9.17, 15) is 9.59 Å². The summed E-state index contributed by atoms with van der Waals surface area (Å²) in [7, 11) is 1.59. The SMILES string of the molecule is CCCCCCOc1ccc(C(=O)N2CCC(C(=O)N3CCOCC3)CC2)cc1OC. The van der Waals surface area contributed by atoms with Crippen LogP contribution in [0.25, 0.3) is 0 Å². The van der Waals surface area contributed by atoms with E-state index >= 15 is 0 Å². The Labute approximate surface area is 185 Å². The maximum Gasteiger partial charge on any atom is 0.253 e. The maximum atomic E-state index is 13.0. The Morgan fingerprint density at radius 3 is 2.42 bits per heavy atom. The van der Waals surface area contributed by atoms with Gasteiger partial charge in [-0.05, 0) is 37.5 Å². The molecule has 1 aromatic rings. The lowest BCUT2D eigenvalue weighted by Gasteiger charge is -2.35. The second kappa shape index (κ2) is 11.9. The van der Waals surface area contributed by atoms with Crippen LogP contribution < -0.4 is 9.47 Å². The van der Waals surface area contributed by atoms with Crippen molar-refractivity contribution in [3.8, 4) is 11.5 Å². The lowest BCUT2D eigenvalue weighted by Crippen LogP contribution is -2.47. The molecule has 0 N–H and O–H groups in total. The zero-order chi connectivity index (χ0) is 22.1. The van der Waals surface area contributed by atoms with Gasteiger partial charge in [0.2, 0.25) is 5.91 Å². The normalized spacial score (nSPS) is 17.5. The van der Waals surface area contributed by atoms with E-state index < -0.39 is 0 Å². The molecule has 31 heavy (non-hydrogen) atoms. The highest BCUT2D eigenvalue weighted by Gasteiger charge is 2.31. The molecule has 7 nitrogen and oxygen atoms in total. The second-order valence-electron chi connectivity index (χ2n) is 8.28. The summed E-state index contributed by atoms with van der Waals surface area (Å²) in [6.07, 6.45) is 5.98. The molecule has 2 aliphatic heterocycles. The van der Waals surface area contributed by atoms with Crippen LogP contribution in [-0.2, 0) is 9.53 Å². The van der Waals surface area contributed by atoms with Gasteiger partial charge < -0.3 is 24.0 Å². The van der Waals surface area contributed by atoms with Gasteiger partial charge in [0, 0.05) is 37.7 Å². The molecule has 2 heterocycles. The summed E-state index contributed by atoms with van der Waals surface area (Å²) in [6, 6.07) is 5.38. The Morgan fingerprint density at radius 1 is 1.00 bits per heavy atom. The van der Waals surface area contributed by atoms with Crippen LogP contribution in [0, 0.1) is 5.92 Å². The number of amides is 2. The number of hydrogen-bond donors (Lipinski definition) is 0. The number of rotatable bonds is 9. The highest BCUT2D eigenvalue weighted by atomic mass is 16.5. The van der Waals surface area contributed by atoms with E-state index in [0.717, 1.165) is 12.8 Å². The van der Waals surface area contributed by atoms with E-state index in [-0.39, 0.29) is 17.7 Å². The first kappa shape index (κ1) is 23.4. The second-order valence-corrected chi connectivity index (χ2v) is 8.28. The minimum Gasteiger partial charge on any atom is -0.493 e. The van der Waals surface area contributed by atoms with Gasteiger partial charge in [0.25, 0.3) is 5.91 Å². The molecule has 0 spiro atoms. The molecule has 0 atom stereocenters. The third kappa shape index (κ3) is 6.35. The van der Waals surface area contributed by atoms with E-state index in [2.05, 4.69) is 6.92 Å². The van der Waals surface area contributed by atoms with Crippen LogP contribution in [0.15, 0.2) is 18.2 Å². The lowest BCUT2D eigenvalue weighted by molar-refractivity contribution is -0.141.